The number of aliphatic hydroxyl groups is 1. The molecule has 7 nitrogen and oxygen atoms in total. The number of hydrogen-bond donors (Lipinski definition) is 2. The van der Waals surface area contributed by atoms with Gasteiger partial charge in [-0.2, -0.15) is 0 Å². The average Bonchev–Trinajstić information content (AvgIpc) is 2.80. The Labute approximate surface area is 206 Å². The number of hydrogen-bond acceptors (Lipinski definition) is 6. The third-order valence-corrected chi connectivity index (χ3v) is 4.55. The van der Waals surface area contributed by atoms with Gasteiger partial charge in [-0.15, -0.1) is 0 Å². The van der Waals surface area contributed by atoms with Gasteiger partial charge in [0.1, 0.15) is 0 Å². The zero-order valence-corrected chi connectivity index (χ0v) is 22.0. The summed E-state index contributed by atoms with van der Waals surface area (Å²) in [5.41, 5.74) is 1.08. The van der Waals surface area contributed by atoms with Crippen molar-refractivity contribution in [2.24, 2.45) is 0 Å². The topological polar surface area (TPSA) is 110 Å². The molecule has 2 N–H and O–H groups in total. The van der Waals surface area contributed by atoms with Crippen LogP contribution in [0.25, 0.3) is 0 Å². The number of ether oxygens (including phenoxy) is 2. The number of rotatable bonds is 17. The molecule has 0 unspecified atom stereocenters. The van der Waals surface area contributed by atoms with Crippen molar-refractivity contribution in [3.8, 4) is 0 Å². The van der Waals surface area contributed by atoms with Gasteiger partial charge in [-0.25, -0.2) is 14.4 Å². The molecular weight excluding hydrogens is 436 g/mol. The van der Waals surface area contributed by atoms with Crippen molar-refractivity contribution in [3.63, 3.8) is 0 Å². The Kier molecular flexibility index (Phi) is 28.5. The van der Waals surface area contributed by atoms with Crippen LogP contribution in [0.5, 0.6) is 0 Å². The molecule has 0 aliphatic heterocycles. The first-order valence-electron chi connectivity index (χ1n) is 12.1. The zero-order chi connectivity index (χ0) is 26.8. The van der Waals surface area contributed by atoms with Crippen LogP contribution in [0.15, 0.2) is 36.5 Å². The van der Waals surface area contributed by atoms with E-state index >= 15 is 0 Å². The van der Waals surface area contributed by atoms with E-state index in [9.17, 15) is 14.4 Å². The number of esters is 2. The zero-order valence-electron chi connectivity index (χ0n) is 22.0. The number of carbonyl (C=O) groups is 3. The van der Waals surface area contributed by atoms with Crippen LogP contribution in [0, 0.1) is 0 Å². The SMILES string of the molecule is C=C(C)C(=O)OC.C=C(C)C(=O)OCCCCCCCCCCCC.C=C(CCCO)C(=O)O. The molecule has 0 bridgehead atoms. The summed E-state index contributed by atoms with van der Waals surface area (Å²) < 4.78 is 9.31. The molecule has 0 saturated carbocycles. The minimum Gasteiger partial charge on any atom is -0.478 e. The van der Waals surface area contributed by atoms with Gasteiger partial charge in [0.05, 0.1) is 13.7 Å². The molecule has 0 atom stereocenters. The summed E-state index contributed by atoms with van der Waals surface area (Å²) in [5, 5.41) is 16.5. The van der Waals surface area contributed by atoms with E-state index in [0.717, 1.165) is 6.42 Å². The lowest BCUT2D eigenvalue weighted by Gasteiger charge is -2.04. The Bertz CT molecular complexity index is 594. The monoisotopic (exact) mass is 484 g/mol. The second kappa shape index (κ2) is 26.8. The van der Waals surface area contributed by atoms with Gasteiger partial charge >= 0.3 is 17.9 Å². The molecular formula is C27H48O7. The van der Waals surface area contributed by atoms with E-state index in [2.05, 4.69) is 31.4 Å². The lowest BCUT2D eigenvalue weighted by Crippen LogP contribution is -2.05. The Morgan fingerprint density at radius 2 is 1.18 bits per heavy atom. The van der Waals surface area contributed by atoms with Gasteiger partial charge in [-0.05, 0) is 33.1 Å². The minimum absolute atomic E-state index is 0.0201. The Hall–Kier alpha value is -2.41. The van der Waals surface area contributed by atoms with E-state index in [0.29, 0.717) is 30.6 Å². The largest absolute Gasteiger partial charge is 0.478 e. The molecule has 34 heavy (non-hydrogen) atoms. The van der Waals surface area contributed by atoms with Crippen molar-refractivity contribution in [3.05, 3.63) is 36.5 Å². The second-order valence-electron chi connectivity index (χ2n) is 8.11. The van der Waals surface area contributed by atoms with Crippen LogP contribution in [0.1, 0.15) is 97.8 Å². The number of unbranched alkanes of at least 4 members (excludes halogenated alkanes) is 9. The lowest BCUT2D eigenvalue weighted by atomic mass is 10.1. The smallest absolute Gasteiger partial charge is 0.333 e. The Morgan fingerprint density at radius 1 is 0.735 bits per heavy atom. The summed E-state index contributed by atoms with van der Waals surface area (Å²) in [6.07, 6.45) is 13.8. The van der Waals surface area contributed by atoms with Crippen molar-refractivity contribution in [1.82, 2.24) is 0 Å². The molecule has 0 rings (SSSR count). The highest BCUT2D eigenvalue weighted by atomic mass is 16.5. The van der Waals surface area contributed by atoms with Crippen LogP contribution in [-0.2, 0) is 23.9 Å². The molecule has 7 heteroatoms. The van der Waals surface area contributed by atoms with Gasteiger partial charge in [0.15, 0.2) is 0 Å². The van der Waals surface area contributed by atoms with E-state index in [1.54, 1.807) is 13.8 Å². The van der Waals surface area contributed by atoms with Gasteiger partial charge in [-0.3, -0.25) is 0 Å². The van der Waals surface area contributed by atoms with Crippen LogP contribution in [0.3, 0.4) is 0 Å². The van der Waals surface area contributed by atoms with Crippen LogP contribution < -0.4 is 0 Å². The predicted molar refractivity (Wildman–Crippen MR) is 138 cm³/mol. The van der Waals surface area contributed by atoms with E-state index in [4.69, 9.17) is 14.9 Å². The van der Waals surface area contributed by atoms with Crippen molar-refractivity contribution < 1.29 is 34.1 Å². The number of carbonyl (C=O) groups excluding carboxylic acids is 2. The maximum atomic E-state index is 11.1. The lowest BCUT2D eigenvalue weighted by molar-refractivity contribution is -0.139. The van der Waals surface area contributed by atoms with E-state index in [1.165, 1.54) is 64.9 Å². The summed E-state index contributed by atoms with van der Waals surface area (Å²) in [7, 11) is 1.33. The summed E-state index contributed by atoms with van der Waals surface area (Å²) >= 11 is 0. The number of aliphatic carboxylic acids is 1. The van der Waals surface area contributed by atoms with Crippen LogP contribution in [0.4, 0.5) is 0 Å². The Morgan fingerprint density at radius 3 is 1.50 bits per heavy atom. The number of methoxy groups -OCH3 is 1. The number of carboxylic acid groups (broad SMARTS) is 1. The van der Waals surface area contributed by atoms with Gasteiger partial charge in [0.2, 0.25) is 0 Å². The minimum atomic E-state index is -0.983. The molecule has 0 saturated heterocycles. The van der Waals surface area contributed by atoms with Gasteiger partial charge in [-0.1, -0.05) is 84.4 Å². The fourth-order valence-electron chi connectivity index (χ4n) is 2.45. The molecule has 198 valence electrons. The van der Waals surface area contributed by atoms with Crippen LogP contribution in [-0.4, -0.2) is 48.4 Å². The molecule has 0 fully saturated rings. The van der Waals surface area contributed by atoms with Crippen molar-refractivity contribution in [2.45, 2.75) is 97.8 Å². The Balaban J connectivity index is -0.000000497. The molecule has 0 aliphatic rings. The number of aliphatic hydroxyl groups excluding tert-OH is 1. The first-order valence-corrected chi connectivity index (χ1v) is 12.1. The molecule has 0 spiro atoms. The second-order valence-corrected chi connectivity index (χ2v) is 8.11. The standard InChI is InChI=1S/C16H30O2.C6H10O3.C5H8O2/c1-4-5-6-7-8-9-10-11-12-13-14-18-16(17)15(2)3;1-5(6(8)9)3-2-4-7;1-4(2)5(6)7-3/h2,4-14H2,1,3H3;7H,1-4H2,(H,8,9);1H2,2-3H3. The summed E-state index contributed by atoms with van der Waals surface area (Å²) in [6.45, 7) is 16.3. The van der Waals surface area contributed by atoms with Crippen molar-refractivity contribution >= 4 is 17.9 Å². The van der Waals surface area contributed by atoms with Crippen LogP contribution in [0.2, 0.25) is 0 Å². The van der Waals surface area contributed by atoms with Gasteiger partial charge in [0.25, 0.3) is 0 Å². The predicted octanol–water partition coefficient (Wildman–Crippen LogP) is 6.16. The van der Waals surface area contributed by atoms with Gasteiger partial charge in [0, 0.05) is 23.3 Å². The summed E-state index contributed by atoms with van der Waals surface area (Å²) in [4.78, 5) is 31.3. The van der Waals surface area contributed by atoms with E-state index < -0.39 is 5.97 Å². The molecule has 0 radical (unpaired) electrons. The molecule has 0 aromatic rings. The maximum Gasteiger partial charge on any atom is 0.333 e. The summed E-state index contributed by atoms with van der Waals surface area (Å²) in [5.74, 6) is -1.59. The maximum absolute atomic E-state index is 11.1. The van der Waals surface area contributed by atoms with E-state index in [-0.39, 0.29) is 24.1 Å². The normalized spacial score (nSPS) is 9.44. The van der Waals surface area contributed by atoms with E-state index in [1.807, 2.05) is 0 Å². The number of carboxylic acids is 1. The van der Waals surface area contributed by atoms with Gasteiger partial charge < -0.3 is 19.7 Å². The molecule has 0 aromatic heterocycles. The molecule has 0 amide bonds. The highest BCUT2D eigenvalue weighted by Crippen LogP contribution is 2.10. The van der Waals surface area contributed by atoms with Crippen molar-refractivity contribution in [1.29, 1.82) is 0 Å². The first kappa shape index (κ1) is 36.2. The third kappa shape index (κ3) is 29.6. The van der Waals surface area contributed by atoms with Crippen LogP contribution >= 0.6 is 0 Å². The average molecular weight is 485 g/mol. The third-order valence-electron chi connectivity index (χ3n) is 4.55. The quantitative estimate of drug-likeness (QED) is 0.144. The fraction of sp³-hybridized carbons (Fsp3) is 0.667. The highest BCUT2D eigenvalue weighted by molar-refractivity contribution is 5.87. The molecule has 0 heterocycles. The van der Waals surface area contributed by atoms with Crippen molar-refractivity contribution in [2.75, 3.05) is 20.3 Å². The fourth-order valence-corrected chi connectivity index (χ4v) is 2.45. The highest BCUT2D eigenvalue weighted by Gasteiger charge is 2.02. The summed E-state index contributed by atoms with van der Waals surface area (Å²) in [6, 6.07) is 0. The molecule has 0 aromatic carbocycles. The first-order chi connectivity index (χ1) is 16.0. The molecule has 0 aliphatic carbocycles.